The SMILES string of the molecule is OC(CSc1ccc(F)cc1)Cc1ccc(F)c(Br)c1. The van der Waals surface area contributed by atoms with Crippen LogP contribution in [0.2, 0.25) is 0 Å². The van der Waals surface area contributed by atoms with Crippen molar-refractivity contribution in [1.29, 1.82) is 0 Å². The summed E-state index contributed by atoms with van der Waals surface area (Å²) in [6.07, 6.45) is -0.0880. The summed E-state index contributed by atoms with van der Waals surface area (Å²) in [5.41, 5.74) is 0.866. The zero-order valence-electron chi connectivity index (χ0n) is 10.5. The second-order valence-electron chi connectivity index (χ2n) is 4.37. The highest BCUT2D eigenvalue weighted by atomic mass is 79.9. The van der Waals surface area contributed by atoms with Crippen LogP contribution in [0.15, 0.2) is 51.8 Å². The molecule has 20 heavy (non-hydrogen) atoms. The number of aliphatic hydroxyl groups is 1. The van der Waals surface area contributed by atoms with Gasteiger partial charge in [-0.15, -0.1) is 11.8 Å². The summed E-state index contributed by atoms with van der Waals surface area (Å²) in [5.74, 6) is -0.0874. The van der Waals surface area contributed by atoms with Gasteiger partial charge in [0.2, 0.25) is 0 Å². The van der Waals surface area contributed by atoms with E-state index in [-0.39, 0.29) is 11.6 Å². The number of hydrogen-bond acceptors (Lipinski definition) is 2. The van der Waals surface area contributed by atoms with Crippen molar-refractivity contribution in [2.75, 3.05) is 5.75 Å². The predicted molar refractivity (Wildman–Crippen MR) is 80.9 cm³/mol. The Morgan fingerprint density at radius 1 is 1.10 bits per heavy atom. The molecule has 1 unspecified atom stereocenters. The first-order valence-electron chi connectivity index (χ1n) is 6.05. The predicted octanol–water partition coefficient (Wildman–Crippen LogP) is 4.42. The van der Waals surface area contributed by atoms with Crippen molar-refractivity contribution in [3.8, 4) is 0 Å². The van der Waals surface area contributed by atoms with Gasteiger partial charge in [-0.25, -0.2) is 8.78 Å². The van der Waals surface area contributed by atoms with Crippen molar-refractivity contribution < 1.29 is 13.9 Å². The van der Waals surface area contributed by atoms with Gasteiger partial charge in [-0.1, -0.05) is 6.07 Å². The Hall–Kier alpha value is -0.910. The summed E-state index contributed by atoms with van der Waals surface area (Å²) in [5, 5.41) is 9.97. The maximum atomic E-state index is 13.1. The third kappa shape index (κ3) is 4.58. The fraction of sp³-hybridized carbons (Fsp3) is 0.200. The van der Waals surface area contributed by atoms with E-state index in [2.05, 4.69) is 15.9 Å². The van der Waals surface area contributed by atoms with Gasteiger partial charge in [0, 0.05) is 10.6 Å². The van der Waals surface area contributed by atoms with Crippen LogP contribution in [0.5, 0.6) is 0 Å². The van der Waals surface area contributed by atoms with Crippen molar-refractivity contribution in [3.63, 3.8) is 0 Å². The molecule has 1 nitrogen and oxygen atoms in total. The Balaban J connectivity index is 1.87. The van der Waals surface area contributed by atoms with Crippen LogP contribution in [-0.2, 0) is 6.42 Å². The highest BCUT2D eigenvalue weighted by Crippen LogP contribution is 2.22. The molecule has 0 fully saturated rings. The third-order valence-corrected chi connectivity index (χ3v) is 4.48. The summed E-state index contributed by atoms with van der Waals surface area (Å²) in [6, 6.07) is 10.9. The molecule has 0 saturated carbocycles. The zero-order chi connectivity index (χ0) is 14.5. The fourth-order valence-corrected chi connectivity index (χ4v) is 2.98. The zero-order valence-corrected chi connectivity index (χ0v) is 12.9. The molecule has 2 aromatic carbocycles. The average Bonchev–Trinajstić information content (AvgIpc) is 2.42. The smallest absolute Gasteiger partial charge is 0.137 e. The molecule has 106 valence electrons. The molecule has 1 atom stereocenters. The van der Waals surface area contributed by atoms with Gasteiger partial charge < -0.3 is 5.11 Å². The Kier molecular flexibility index (Phi) is 5.57. The Bertz CT molecular complexity index is 575. The Morgan fingerprint density at radius 3 is 2.45 bits per heavy atom. The number of hydrogen-bond donors (Lipinski definition) is 1. The standard InChI is InChI=1S/C15H13BrF2OS/c16-14-8-10(1-6-15(14)18)7-12(19)9-20-13-4-2-11(17)3-5-13/h1-6,8,12,19H,7,9H2. The van der Waals surface area contributed by atoms with Crippen molar-refractivity contribution in [2.24, 2.45) is 0 Å². The van der Waals surface area contributed by atoms with Crippen LogP contribution >= 0.6 is 27.7 Å². The lowest BCUT2D eigenvalue weighted by atomic mass is 10.1. The van der Waals surface area contributed by atoms with Gasteiger partial charge in [-0.3, -0.25) is 0 Å². The first-order valence-corrected chi connectivity index (χ1v) is 7.83. The number of aliphatic hydroxyl groups excluding tert-OH is 1. The molecule has 0 radical (unpaired) electrons. The second kappa shape index (κ2) is 7.20. The molecule has 0 aliphatic heterocycles. The number of benzene rings is 2. The Labute approximate surface area is 129 Å². The molecule has 0 bridgehead atoms. The lowest BCUT2D eigenvalue weighted by Crippen LogP contribution is -2.13. The second-order valence-corrected chi connectivity index (χ2v) is 6.32. The van der Waals surface area contributed by atoms with E-state index < -0.39 is 6.10 Å². The minimum atomic E-state index is -0.539. The first kappa shape index (κ1) is 15.5. The fourth-order valence-electron chi connectivity index (χ4n) is 1.72. The lowest BCUT2D eigenvalue weighted by molar-refractivity contribution is 0.200. The van der Waals surface area contributed by atoms with Gasteiger partial charge in [-0.2, -0.15) is 0 Å². The number of thioether (sulfide) groups is 1. The molecule has 0 aliphatic carbocycles. The molecular weight excluding hydrogens is 346 g/mol. The van der Waals surface area contributed by atoms with E-state index in [1.807, 2.05) is 0 Å². The molecule has 0 spiro atoms. The largest absolute Gasteiger partial charge is 0.392 e. The van der Waals surface area contributed by atoms with Crippen LogP contribution in [-0.4, -0.2) is 17.0 Å². The van der Waals surface area contributed by atoms with E-state index in [0.717, 1.165) is 10.5 Å². The van der Waals surface area contributed by atoms with E-state index in [4.69, 9.17) is 0 Å². The molecular formula is C15H13BrF2OS. The van der Waals surface area contributed by atoms with Gasteiger partial charge in [0.05, 0.1) is 10.6 Å². The van der Waals surface area contributed by atoms with Crippen LogP contribution in [0, 0.1) is 11.6 Å². The van der Waals surface area contributed by atoms with Gasteiger partial charge in [0.1, 0.15) is 11.6 Å². The van der Waals surface area contributed by atoms with Gasteiger partial charge in [0.25, 0.3) is 0 Å². The summed E-state index contributed by atoms with van der Waals surface area (Å²) < 4.78 is 26.2. The van der Waals surface area contributed by atoms with Crippen LogP contribution in [0.1, 0.15) is 5.56 Å². The van der Waals surface area contributed by atoms with E-state index in [0.29, 0.717) is 16.6 Å². The summed E-state index contributed by atoms with van der Waals surface area (Å²) >= 11 is 4.58. The van der Waals surface area contributed by atoms with Crippen LogP contribution in [0.25, 0.3) is 0 Å². The van der Waals surface area contributed by atoms with Crippen molar-refractivity contribution in [1.82, 2.24) is 0 Å². The van der Waals surface area contributed by atoms with Crippen LogP contribution in [0.4, 0.5) is 8.78 Å². The quantitative estimate of drug-likeness (QED) is 0.798. The van der Waals surface area contributed by atoms with E-state index in [9.17, 15) is 13.9 Å². The number of rotatable bonds is 5. The maximum Gasteiger partial charge on any atom is 0.137 e. The van der Waals surface area contributed by atoms with Crippen molar-refractivity contribution in [3.05, 3.63) is 64.1 Å². The summed E-state index contributed by atoms with van der Waals surface area (Å²) in [4.78, 5) is 0.908. The van der Waals surface area contributed by atoms with Gasteiger partial charge >= 0.3 is 0 Å². The van der Waals surface area contributed by atoms with Crippen molar-refractivity contribution in [2.45, 2.75) is 17.4 Å². The molecule has 2 rings (SSSR count). The average molecular weight is 359 g/mol. The first-order chi connectivity index (χ1) is 9.54. The molecule has 0 heterocycles. The highest BCUT2D eigenvalue weighted by molar-refractivity contribution is 9.10. The molecule has 1 N–H and O–H groups in total. The van der Waals surface area contributed by atoms with Crippen LogP contribution < -0.4 is 0 Å². The monoisotopic (exact) mass is 358 g/mol. The molecule has 2 aromatic rings. The molecule has 0 saturated heterocycles. The van der Waals surface area contributed by atoms with E-state index in [1.54, 1.807) is 24.3 Å². The summed E-state index contributed by atoms with van der Waals surface area (Å²) in [6.45, 7) is 0. The molecule has 0 aliphatic rings. The van der Waals surface area contributed by atoms with Gasteiger partial charge in [0.15, 0.2) is 0 Å². The Morgan fingerprint density at radius 2 is 1.80 bits per heavy atom. The topological polar surface area (TPSA) is 20.2 Å². The van der Waals surface area contributed by atoms with Crippen molar-refractivity contribution >= 4 is 27.7 Å². The minimum absolute atomic E-state index is 0.272. The normalized spacial score (nSPS) is 12.4. The lowest BCUT2D eigenvalue weighted by Gasteiger charge is -2.11. The molecule has 0 amide bonds. The third-order valence-electron chi connectivity index (χ3n) is 2.71. The van der Waals surface area contributed by atoms with E-state index >= 15 is 0 Å². The van der Waals surface area contributed by atoms with Crippen LogP contribution in [0.3, 0.4) is 0 Å². The molecule has 5 heteroatoms. The highest BCUT2D eigenvalue weighted by Gasteiger charge is 2.08. The van der Waals surface area contributed by atoms with E-state index in [1.165, 1.54) is 30.0 Å². The number of halogens is 3. The molecule has 0 aromatic heterocycles. The van der Waals surface area contributed by atoms with Gasteiger partial charge in [-0.05, 0) is 64.3 Å². The maximum absolute atomic E-state index is 13.1. The summed E-state index contributed by atoms with van der Waals surface area (Å²) in [7, 11) is 0. The minimum Gasteiger partial charge on any atom is -0.392 e.